The zero-order valence-electron chi connectivity index (χ0n) is 12.7. The molecule has 2 rings (SSSR count). The van der Waals surface area contributed by atoms with Crippen LogP contribution in [0, 0.1) is 6.92 Å². The van der Waals surface area contributed by atoms with Crippen molar-refractivity contribution in [1.29, 1.82) is 0 Å². The van der Waals surface area contributed by atoms with Crippen LogP contribution in [0.15, 0.2) is 35.1 Å². The van der Waals surface area contributed by atoms with Gasteiger partial charge in [0.15, 0.2) is 0 Å². The van der Waals surface area contributed by atoms with Crippen molar-refractivity contribution in [3.63, 3.8) is 0 Å². The second-order valence-electron chi connectivity index (χ2n) is 5.06. The summed E-state index contributed by atoms with van der Waals surface area (Å²) in [5.74, 6) is 0.761. The molecule has 2 aromatic rings. The lowest BCUT2D eigenvalue weighted by Crippen LogP contribution is -2.23. The van der Waals surface area contributed by atoms with Gasteiger partial charge in [-0.1, -0.05) is 6.07 Å². The van der Waals surface area contributed by atoms with E-state index in [0.29, 0.717) is 13.2 Å². The van der Waals surface area contributed by atoms with Crippen molar-refractivity contribution in [1.82, 2.24) is 9.78 Å². The van der Waals surface area contributed by atoms with Gasteiger partial charge in [0.1, 0.15) is 5.75 Å². The molecular weight excluding hydrogens is 266 g/mol. The normalized spacial score (nSPS) is 12.2. The van der Waals surface area contributed by atoms with E-state index >= 15 is 0 Å². The number of ether oxygens (including phenoxy) is 1. The molecule has 0 aliphatic rings. The Morgan fingerprint density at radius 3 is 2.76 bits per heavy atom. The summed E-state index contributed by atoms with van der Waals surface area (Å²) in [5.41, 5.74) is 8.52. The highest BCUT2D eigenvalue weighted by Crippen LogP contribution is 2.23. The lowest BCUT2D eigenvalue weighted by Gasteiger charge is -2.14. The van der Waals surface area contributed by atoms with Crippen LogP contribution in [0.25, 0.3) is 0 Å². The zero-order valence-corrected chi connectivity index (χ0v) is 12.7. The molecule has 21 heavy (non-hydrogen) atoms. The first-order valence-electron chi connectivity index (χ1n) is 7.07. The van der Waals surface area contributed by atoms with E-state index in [2.05, 4.69) is 5.10 Å². The fourth-order valence-corrected chi connectivity index (χ4v) is 2.13. The minimum atomic E-state index is -0.130. The molecule has 1 aromatic carbocycles. The van der Waals surface area contributed by atoms with Gasteiger partial charge >= 0.3 is 0 Å². The third kappa shape index (κ3) is 3.70. The van der Waals surface area contributed by atoms with E-state index < -0.39 is 0 Å². The number of nitrogens with two attached hydrogens (primary N) is 1. The van der Waals surface area contributed by atoms with Crippen molar-refractivity contribution in [2.24, 2.45) is 5.73 Å². The average molecular weight is 287 g/mol. The van der Waals surface area contributed by atoms with Gasteiger partial charge in [0.25, 0.3) is 5.56 Å². The van der Waals surface area contributed by atoms with Crippen LogP contribution in [0.1, 0.15) is 36.7 Å². The Bertz CT molecular complexity index is 677. The number of hydrogen-bond acceptors (Lipinski definition) is 4. The second kappa shape index (κ2) is 6.54. The summed E-state index contributed by atoms with van der Waals surface area (Å²) in [7, 11) is 0. The summed E-state index contributed by atoms with van der Waals surface area (Å²) in [5, 5.41) is 4.26. The van der Waals surface area contributed by atoms with E-state index in [9.17, 15) is 4.79 Å². The maximum absolute atomic E-state index is 11.9. The molecule has 1 unspecified atom stereocenters. The summed E-state index contributed by atoms with van der Waals surface area (Å²) in [6.45, 7) is 6.66. The third-order valence-electron chi connectivity index (χ3n) is 3.23. The van der Waals surface area contributed by atoms with Crippen LogP contribution in [-0.4, -0.2) is 16.4 Å². The van der Waals surface area contributed by atoms with Gasteiger partial charge in [0, 0.05) is 17.7 Å². The smallest absolute Gasteiger partial charge is 0.267 e. The Morgan fingerprint density at radius 2 is 2.10 bits per heavy atom. The van der Waals surface area contributed by atoms with E-state index in [-0.39, 0.29) is 11.6 Å². The fourth-order valence-electron chi connectivity index (χ4n) is 2.13. The minimum absolute atomic E-state index is 0.0679. The third-order valence-corrected chi connectivity index (χ3v) is 3.23. The van der Waals surface area contributed by atoms with Crippen LogP contribution in [0.5, 0.6) is 5.75 Å². The molecule has 2 N–H and O–H groups in total. The molecular formula is C16H21N3O2. The van der Waals surface area contributed by atoms with Gasteiger partial charge in [0.2, 0.25) is 0 Å². The molecule has 0 fully saturated rings. The van der Waals surface area contributed by atoms with Crippen LogP contribution in [0.2, 0.25) is 0 Å². The number of nitrogens with zero attached hydrogens (tertiary/aromatic N) is 2. The van der Waals surface area contributed by atoms with Crippen LogP contribution >= 0.6 is 0 Å². The summed E-state index contributed by atoms with van der Waals surface area (Å²) in [4.78, 5) is 11.9. The molecule has 0 bridgehead atoms. The highest BCUT2D eigenvalue weighted by Gasteiger charge is 2.10. The molecule has 5 heteroatoms. The van der Waals surface area contributed by atoms with Crippen molar-refractivity contribution < 1.29 is 4.74 Å². The Labute approximate surface area is 124 Å². The minimum Gasteiger partial charge on any atom is -0.494 e. The topological polar surface area (TPSA) is 70.1 Å². The molecule has 0 radical (unpaired) electrons. The largest absolute Gasteiger partial charge is 0.494 e. The Morgan fingerprint density at radius 1 is 1.33 bits per heavy atom. The Kier molecular flexibility index (Phi) is 4.75. The molecule has 5 nitrogen and oxygen atoms in total. The quantitative estimate of drug-likeness (QED) is 0.913. The highest BCUT2D eigenvalue weighted by atomic mass is 16.5. The fraction of sp³-hybridized carbons (Fsp3) is 0.375. The molecule has 1 aromatic heterocycles. The van der Waals surface area contributed by atoms with Crippen molar-refractivity contribution >= 4 is 0 Å². The van der Waals surface area contributed by atoms with Gasteiger partial charge < -0.3 is 10.5 Å². The van der Waals surface area contributed by atoms with Gasteiger partial charge in [-0.2, -0.15) is 5.10 Å². The average Bonchev–Trinajstić information content (AvgIpc) is 2.44. The Balaban J connectivity index is 2.42. The molecule has 112 valence electrons. The molecule has 1 heterocycles. The predicted octanol–water partition coefficient (Wildman–Crippen LogP) is 2.02. The summed E-state index contributed by atoms with van der Waals surface area (Å²) < 4.78 is 7.07. The Hall–Kier alpha value is -2.14. The van der Waals surface area contributed by atoms with Gasteiger partial charge in [0.05, 0.1) is 18.8 Å². The van der Waals surface area contributed by atoms with Crippen LogP contribution in [-0.2, 0) is 6.54 Å². The van der Waals surface area contributed by atoms with Crippen LogP contribution < -0.4 is 16.0 Å². The second-order valence-corrected chi connectivity index (χ2v) is 5.06. The number of benzene rings is 1. The van der Waals surface area contributed by atoms with Crippen molar-refractivity contribution in [2.45, 2.75) is 33.4 Å². The van der Waals surface area contributed by atoms with Crippen LogP contribution in [0.4, 0.5) is 0 Å². The van der Waals surface area contributed by atoms with E-state index in [0.717, 1.165) is 22.6 Å². The van der Waals surface area contributed by atoms with Crippen molar-refractivity contribution in [2.75, 3.05) is 6.61 Å². The number of aryl methyl sites for hydroxylation is 1. The van der Waals surface area contributed by atoms with Crippen molar-refractivity contribution in [3.8, 4) is 5.75 Å². The first kappa shape index (κ1) is 15.3. The molecule has 0 aliphatic heterocycles. The first-order valence-corrected chi connectivity index (χ1v) is 7.07. The predicted molar refractivity (Wildman–Crippen MR) is 82.5 cm³/mol. The first-order chi connectivity index (χ1) is 10.0. The van der Waals surface area contributed by atoms with E-state index in [4.69, 9.17) is 10.5 Å². The summed E-state index contributed by atoms with van der Waals surface area (Å²) in [6.07, 6.45) is 0. The van der Waals surface area contributed by atoms with Gasteiger partial charge in [-0.25, -0.2) is 4.68 Å². The summed E-state index contributed by atoms with van der Waals surface area (Å²) >= 11 is 0. The zero-order chi connectivity index (χ0) is 15.4. The lowest BCUT2D eigenvalue weighted by molar-refractivity contribution is 0.335. The summed E-state index contributed by atoms with van der Waals surface area (Å²) in [6, 6.07) is 9.00. The molecule has 0 saturated carbocycles. The number of aromatic nitrogens is 2. The maximum atomic E-state index is 11.9. The molecule has 0 saturated heterocycles. The monoisotopic (exact) mass is 287 g/mol. The van der Waals surface area contributed by atoms with E-state index in [1.165, 1.54) is 10.7 Å². The molecule has 1 atom stereocenters. The van der Waals surface area contributed by atoms with Gasteiger partial charge in [-0.05, 0) is 44.5 Å². The van der Waals surface area contributed by atoms with Crippen LogP contribution in [0.3, 0.4) is 0 Å². The van der Waals surface area contributed by atoms with E-state index in [1.807, 2.05) is 39.0 Å². The number of hydrogen-bond donors (Lipinski definition) is 1. The highest BCUT2D eigenvalue weighted by molar-refractivity contribution is 5.38. The van der Waals surface area contributed by atoms with E-state index in [1.54, 1.807) is 6.07 Å². The number of rotatable bonds is 5. The molecule has 0 aliphatic carbocycles. The maximum Gasteiger partial charge on any atom is 0.267 e. The van der Waals surface area contributed by atoms with Crippen molar-refractivity contribution in [3.05, 3.63) is 57.5 Å². The van der Waals surface area contributed by atoms with Gasteiger partial charge in [-0.15, -0.1) is 0 Å². The molecule has 0 spiro atoms. The standard InChI is InChI=1S/C16H21N3O2/c1-4-21-15-7-6-13(12(3)17)9-14(15)10-19-16(20)8-5-11(2)18-19/h5-9,12H,4,10,17H2,1-3H3. The van der Waals surface area contributed by atoms with Gasteiger partial charge in [-0.3, -0.25) is 4.79 Å². The SMILES string of the molecule is CCOc1ccc(C(C)N)cc1Cn1nc(C)ccc1=O. The molecule has 0 amide bonds. The lowest BCUT2D eigenvalue weighted by atomic mass is 10.0.